The zero-order chi connectivity index (χ0) is 15.7. The number of thioether (sulfide) groups is 1. The van der Waals surface area contributed by atoms with Gasteiger partial charge in [0.2, 0.25) is 11.8 Å². The Hall–Kier alpha value is -1.60. The minimum Gasteiger partial charge on any atom is -0.391 e. The van der Waals surface area contributed by atoms with Crippen LogP contribution in [0.4, 0.5) is 4.39 Å². The Kier molecular flexibility index (Phi) is 4.35. The van der Waals surface area contributed by atoms with Crippen LogP contribution < -0.4 is 0 Å². The molecule has 2 aliphatic heterocycles. The van der Waals surface area contributed by atoms with Crippen molar-refractivity contribution in [3.8, 4) is 0 Å². The number of amides is 2. The maximum absolute atomic E-state index is 13.4. The Labute approximate surface area is 132 Å². The second-order valence-electron chi connectivity index (χ2n) is 5.58. The van der Waals surface area contributed by atoms with Gasteiger partial charge >= 0.3 is 0 Å². The van der Waals surface area contributed by atoms with E-state index >= 15 is 0 Å². The van der Waals surface area contributed by atoms with E-state index in [1.807, 2.05) is 0 Å². The molecule has 118 valence electrons. The molecule has 2 fully saturated rings. The van der Waals surface area contributed by atoms with Crippen molar-refractivity contribution in [3.05, 3.63) is 35.6 Å². The van der Waals surface area contributed by atoms with Gasteiger partial charge in [-0.1, -0.05) is 12.1 Å². The van der Waals surface area contributed by atoms with Gasteiger partial charge in [-0.05, 0) is 24.1 Å². The van der Waals surface area contributed by atoms with E-state index < -0.39 is 6.10 Å². The van der Waals surface area contributed by atoms with E-state index in [1.165, 1.54) is 28.8 Å². The van der Waals surface area contributed by atoms with Crippen molar-refractivity contribution in [2.45, 2.75) is 18.6 Å². The molecule has 2 heterocycles. The van der Waals surface area contributed by atoms with Crippen LogP contribution in [0.25, 0.3) is 0 Å². The lowest BCUT2D eigenvalue weighted by molar-refractivity contribution is -0.138. The summed E-state index contributed by atoms with van der Waals surface area (Å²) < 4.78 is 13.4. The molecule has 0 spiro atoms. The molecule has 3 rings (SSSR count). The van der Waals surface area contributed by atoms with Gasteiger partial charge in [0.15, 0.2) is 0 Å². The van der Waals surface area contributed by atoms with E-state index in [1.54, 1.807) is 17.0 Å². The normalized spacial score (nSPS) is 25.1. The number of carbonyl (C=O) groups excluding carboxylic acids is 2. The van der Waals surface area contributed by atoms with Crippen molar-refractivity contribution in [2.24, 2.45) is 0 Å². The molecule has 0 aliphatic carbocycles. The van der Waals surface area contributed by atoms with Crippen molar-refractivity contribution in [3.63, 3.8) is 0 Å². The average Bonchev–Trinajstić information content (AvgIpc) is 3.05. The fraction of sp³-hybridized carbons (Fsp3) is 0.467. The summed E-state index contributed by atoms with van der Waals surface area (Å²) in [5.41, 5.74) is 0.673. The summed E-state index contributed by atoms with van der Waals surface area (Å²) in [5, 5.41) is 9.89. The molecule has 7 heteroatoms. The van der Waals surface area contributed by atoms with Gasteiger partial charge in [-0.3, -0.25) is 9.59 Å². The van der Waals surface area contributed by atoms with Gasteiger partial charge in [0.25, 0.3) is 0 Å². The lowest BCUT2D eigenvalue weighted by Gasteiger charge is -2.27. The number of hydrogen-bond acceptors (Lipinski definition) is 4. The number of benzene rings is 1. The predicted molar refractivity (Wildman–Crippen MR) is 80.5 cm³/mol. The Balaban J connectivity index is 1.75. The minimum absolute atomic E-state index is 0.0182. The summed E-state index contributed by atoms with van der Waals surface area (Å²) in [6, 6.07) is 5.74. The molecular formula is C15H17FN2O3S. The molecule has 2 saturated heterocycles. The maximum atomic E-state index is 13.4. The lowest BCUT2D eigenvalue weighted by atomic mass is 10.0. The molecule has 1 aromatic carbocycles. The highest BCUT2D eigenvalue weighted by atomic mass is 32.2. The molecular weight excluding hydrogens is 307 g/mol. The van der Waals surface area contributed by atoms with Crippen LogP contribution >= 0.6 is 11.8 Å². The van der Waals surface area contributed by atoms with Crippen LogP contribution in [0.5, 0.6) is 0 Å². The van der Waals surface area contributed by atoms with Crippen molar-refractivity contribution in [2.75, 3.05) is 24.7 Å². The van der Waals surface area contributed by atoms with Crippen LogP contribution in [0.15, 0.2) is 24.3 Å². The van der Waals surface area contributed by atoms with Crippen LogP contribution in [0, 0.1) is 5.82 Å². The molecule has 1 aromatic rings. The zero-order valence-corrected chi connectivity index (χ0v) is 12.8. The van der Waals surface area contributed by atoms with Crippen LogP contribution in [0.2, 0.25) is 0 Å². The van der Waals surface area contributed by atoms with Gasteiger partial charge in [-0.15, -0.1) is 11.8 Å². The third-order valence-electron chi connectivity index (χ3n) is 3.98. The van der Waals surface area contributed by atoms with E-state index in [0.29, 0.717) is 23.6 Å². The number of rotatable bonds is 3. The first-order valence-corrected chi connectivity index (χ1v) is 8.28. The molecule has 1 N–H and O–H groups in total. The summed E-state index contributed by atoms with van der Waals surface area (Å²) in [4.78, 5) is 27.2. The number of hydrogen-bond donors (Lipinski definition) is 1. The fourth-order valence-electron chi connectivity index (χ4n) is 2.91. The van der Waals surface area contributed by atoms with Crippen LogP contribution in [-0.4, -0.2) is 57.5 Å². The summed E-state index contributed by atoms with van der Waals surface area (Å²) in [7, 11) is 0. The number of likely N-dealkylation sites (tertiary alicyclic amines) is 1. The molecule has 0 saturated carbocycles. The standard InChI is InChI=1S/C15H17FN2O3S/c16-11-3-1-2-10(4-11)13-5-12(19)6-18(13)14(20)7-17-9-22-8-15(17)21/h1-4,12-13,19H,5-9H2/t12-,13-/m1/s1. The first-order valence-electron chi connectivity index (χ1n) is 7.13. The Bertz CT molecular complexity index is 598. The van der Waals surface area contributed by atoms with Gasteiger partial charge in [-0.25, -0.2) is 4.39 Å². The van der Waals surface area contributed by atoms with E-state index in [-0.39, 0.29) is 36.8 Å². The average molecular weight is 324 g/mol. The third kappa shape index (κ3) is 3.10. The molecule has 0 unspecified atom stereocenters. The summed E-state index contributed by atoms with van der Waals surface area (Å²) >= 11 is 1.48. The van der Waals surface area contributed by atoms with Crippen LogP contribution in [0.1, 0.15) is 18.0 Å². The Morgan fingerprint density at radius 1 is 1.45 bits per heavy atom. The zero-order valence-electron chi connectivity index (χ0n) is 11.9. The van der Waals surface area contributed by atoms with Crippen molar-refractivity contribution in [1.29, 1.82) is 0 Å². The Morgan fingerprint density at radius 2 is 2.27 bits per heavy atom. The topological polar surface area (TPSA) is 60.9 Å². The SMILES string of the molecule is O=C1CSCN1CC(=O)N1C[C@H](O)C[C@@H]1c1cccc(F)c1. The second-order valence-corrected chi connectivity index (χ2v) is 6.53. The number of halogens is 1. The Morgan fingerprint density at radius 3 is 2.95 bits per heavy atom. The van der Waals surface area contributed by atoms with E-state index in [9.17, 15) is 19.1 Å². The third-order valence-corrected chi connectivity index (χ3v) is 4.93. The number of β-amino-alcohol motifs (C(OH)–C–C–N with tert-alkyl or cyclic N) is 1. The smallest absolute Gasteiger partial charge is 0.242 e. The first kappa shape index (κ1) is 15.3. The molecule has 0 aromatic heterocycles. The van der Waals surface area contributed by atoms with Gasteiger partial charge in [0.1, 0.15) is 12.4 Å². The van der Waals surface area contributed by atoms with E-state index in [4.69, 9.17) is 0 Å². The predicted octanol–water partition coefficient (Wildman–Crippen LogP) is 0.993. The monoisotopic (exact) mass is 324 g/mol. The van der Waals surface area contributed by atoms with E-state index in [0.717, 1.165) is 0 Å². The maximum Gasteiger partial charge on any atom is 0.242 e. The molecule has 2 amide bonds. The van der Waals surface area contributed by atoms with Crippen molar-refractivity contribution < 1.29 is 19.1 Å². The summed E-state index contributed by atoms with van der Waals surface area (Å²) in [5.74, 6) is 0.314. The fourth-order valence-corrected chi connectivity index (χ4v) is 3.82. The van der Waals surface area contributed by atoms with Gasteiger partial charge in [0.05, 0.1) is 23.8 Å². The van der Waals surface area contributed by atoms with Crippen LogP contribution in [0.3, 0.4) is 0 Å². The van der Waals surface area contributed by atoms with Crippen molar-refractivity contribution >= 4 is 23.6 Å². The first-order chi connectivity index (χ1) is 10.5. The molecule has 0 bridgehead atoms. The summed E-state index contributed by atoms with van der Waals surface area (Å²) in [6.07, 6.45) is -0.237. The molecule has 22 heavy (non-hydrogen) atoms. The highest BCUT2D eigenvalue weighted by molar-refractivity contribution is 8.00. The minimum atomic E-state index is -0.624. The highest BCUT2D eigenvalue weighted by Gasteiger charge is 2.36. The number of aliphatic hydroxyl groups excluding tert-OH is 1. The largest absolute Gasteiger partial charge is 0.391 e. The van der Waals surface area contributed by atoms with Gasteiger partial charge < -0.3 is 14.9 Å². The van der Waals surface area contributed by atoms with E-state index in [2.05, 4.69) is 0 Å². The molecule has 2 atom stereocenters. The van der Waals surface area contributed by atoms with Crippen LogP contribution in [-0.2, 0) is 9.59 Å². The van der Waals surface area contributed by atoms with Crippen molar-refractivity contribution in [1.82, 2.24) is 9.80 Å². The molecule has 5 nitrogen and oxygen atoms in total. The highest BCUT2D eigenvalue weighted by Crippen LogP contribution is 2.32. The second kappa shape index (κ2) is 6.26. The molecule has 2 aliphatic rings. The number of carbonyl (C=O) groups is 2. The van der Waals surface area contributed by atoms with Gasteiger partial charge in [-0.2, -0.15) is 0 Å². The quantitative estimate of drug-likeness (QED) is 0.901. The summed E-state index contributed by atoms with van der Waals surface area (Å²) in [6.45, 7) is 0.236. The lowest BCUT2D eigenvalue weighted by Crippen LogP contribution is -2.41. The number of nitrogens with zero attached hydrogens (tertiary/aromatic N) is 2. The molecule has 0 radical (unpaired) electrons. The van der Waals surface area contributed by atoms with Gasteiger partial charge in [0, 0.05) is 6.54 Å². The number of aliphatic hydroxyl groups is 1.